The number of nitrogens with one attached hydrogen (secondary N) is 2. The van der Waals surface area contributed by atoms with E-state index in [0.29, 0.717) is 10.6 Å². The highest BCUT2D eigenvalue weighted by Crippen LogP contribution is 2.21. The Balaban J connectivity index is 1.68. The van der Waals surface area contributed by atoms with Crippen LogP contribution in [0.15, 0.2) is 65.0 Å². The van der Waals surface area contributed by atoms with Gasteiger partial charge >= 0.3 is 6.01 Å². The van der Waals surface area contributed by atoms with Gasteiger partial charge in [0, 0.05) is 24.0 Å². The highest BCUT2D eigenvalue weighted by atomic mass is 32.2. The van der Waals surface area contributed by atoms with Gasteiger partial charge in [0.2, 0.25) is 5.88 Å². The van der Waals surface area contributed by atoms with Crippen LogP contribution in [0.2, 0.25) is 0 Å². The number of rotatable bonds is 9. The minimum absolute atomic E-state index is 0.0101. The Bertz CT molecular complexity index is 1120. The maximum absolute atomic E-state index is 12.6. The highest BCUT2D eigenvalue weighted by molar-refractivity contribution is 7.92. The number of thiophene rings is 1. The summed E-state index contributed by atoms with van der Waals surface area (Å²) in [5, 5.41) is 4.76. The molecule has 0 saturated carbocycles. The summed E-state index contributed by atoms with van der Waals surface area (Å²) in [6.45, 7) is 0. The van der Waals surface area contributed by atoms with Crippen molar-refractivity contribution in [3.05, 3.63) is 65.0 Å². The van der Waals surface area contributed by atoms with Gasteiger partial charge in [-0.1, -0.05) is 6.07 Å². The average Bonchev–Trinajstić information content (AvgIpc) is 3.28. The lowest BCUT2D eigenvalue weighted by atomic mass is 10.3. The van der Waals surface area contributed by atoms with Crippen LogP contribution >= 0.6 is 11.3 Å². The number of allylic oxidation sites excluding steroid dienone is 1. The lowest BCUT2D eigenvalue weighted by molar-refractivity contribution is 0.105. The van der Waals surface area contributed by atoms with Crippen LogP contribution < -0.4 is 19.5 Å². The molecule has 2 N–H and O–H groups in total. The first-order chi connectivity index (χ1) is 14.4. The van der Waals surface area contributed by atoms with Gasteiger partial charge in [-0.15, -0.1) is 11.3 Å². The molecule has 0 fully saturated rings. The number of benzene rings is 1. The molecule has 30 heavy (non-hydrogen) atoms. The summed E-state index contributed by atoms with van der Waals surface area (Å²) >= 11 is 1.36. The van der Waals surface area contributed by atoms with Crippen LogP contribution in [-0.4, -0.2) is 38.4 Å². The number of sulfonamides is 1. The lowest BCUT2D eigenvalue weighted by Gasteiger charge is -2.10. The largest absolute Gasteiger partial charge is 0.481 e. The molecule has 0 aliphatic heterocycles. The standard InChI is InChI=1S/C19H18N4O5S2/c1-27-18-12-17(21-19(22-18)28-2)23-30(25,26)14-7-5-13(6-8-14)20-10-9-15(24)16-4-3-11-29-16/h3-12,20H,1-2H3,(H,21,22,23)/b10-9+. The normalized spacial score (nSPS) is 11.3. The van der Waals surface area contributed by atoms with E-state index in [4.69, 9.17) is 9.47 Å². The van der Waals surface area contributed by atoms with E-state index < -0.39 is 10.0 Å². The molecule has 3 aromatic rings. The van der Waals surface area contributed by atoms with Crippen molar-refractivity contribution in [1.29, 1.82) is 0 Å². The second kappa shape index (κ2) is 9.37. The van der Waals surface area contributed by atoms with Crippen molar-refractivity contribution in [1.82, 2.24) is 9.97 Å². The molecule has 1 aromatic carbocycles. The quantitative estimate of drug-likeness (QED) is 0.380. The third kappa shape index (κ3) is 5.33. The zero-order chi connectivity index (χ0) is 21.6. The summed E-state index contributed by atoms with van der Waals surface area (Å²) < 4.78 is 37.5. The first-order valence-electron chi connectivity index (χ1n) is 8.52. The van der Waals surface area contributed by atoms with Gasteiger partial charge in [-0.3, -0.25) is 9.52 Å². The first-order valence-corrected chi connectivity index (χ1v) is 10.9. The van der Waals surface area contributed by atoms with Crippen molar-refractivity contribution in [2.24, 2.45) is 0 Å². The number of ketones is 1. The van der Waals surface area contributed by atoms with Crippen LogP contribution in [0.3, 0.4) is 0 Å². The van der Waals surface area contributed by atoms with Crippen LogP contribution in [0.1, 0.15) is 9.67 Å². The zero-order valence-electron chi connectivity index (χ0n) is 16.0. The second-order valence-electron chi connectivity index (χ2n) is 5.73. The third-order valence-electron chi connectivity index (χ3n) is 3.73. The van der Waals surface area contributed by atoms with Crippen molar-refractivity contribution in [3.8, 4) is 11.9 Å². The predicted octanol–water partition coefficient (Wildman–Crippen LogP) is 3.16. The number of anilines is 2. The van der Waals surface area contributed by atoms with Crippen LogP contribution in [0.25, 0.3) is 0 Å². The number of nitrogens with zero attached hydrogens (tertiary/aromatic N) is 2. The van der Waals surface area contributed by atoms with Gasteiger partial charge in [-0.05, 0) is 35.7 Å². The van der Waals surface area contributed by atoms with E-state index in [-0.39, 0.29) is 28.4 Å². The van der Waals surface area contributed by atoms with Gasteiger partial charge in [0.05, 0.1) is 24.0 Å². The van der Waals surface area contributed by atoms with E-state index in [1.165, 1.54) is 56.0 Å². The molecule has 2 heterocycles. The summed E-state index contributed by atoms with van der Waals surface area (Å²) in [5.41, 5.74) is 0.620. The Morgan fingerprint density at radius 3 is 2.50 bits per heavy atom. The fourth-order valence-corrected chi connectivity index (χ4v) is 3.93. The number of ether oxygens (including phenoxy) is 2. The van der Waals surface area contributed by atoms with E-state index >= 15 is 0 Å². The minimum Gasteiger partial charge on any atom is -0.481 e. The van der Waals surface area contributed by atoms with E-state index in [2.05, 4.69) is 20.0 Å². The predicted molar refractivity (Wildman–Crippen MR) is 114 cm³/mol. The number of aromatic nitrogens is 2. The zero-order valence-corrected chi connectivity index (χ0v) is 17.7. The molecule has 2 aromatic heterocycles. The summed E-state index contributed by atoms with van der Waals surface area (Å²) in [6, 6.07) is 10.9. The van der Waals surface area contributed by atoms with Crippen LogP contribution in [0, 0.1) is 0 Å². The summed E-state index contributed by atoms with van der Waals surface area (Å²) in [6.07, 6.45) is 2.91. The van der Waals surface area contributed by atoms with Crippen LogP contribution in [0.4, 0.5) is 11.5 Å². The molecule has 0 bridgehead atoms. The molecule has 0 atom stereocenters. The molecule has 0 radical (unpaired) electrons. The first kappa shape index (κ1) is 21.3. The van der Waals surface area contributed by atoms with Crippen LogP contribution in [0.5, 0.6) is 11.9 Å². The third-order valence-corrected chi connectivity index (χ3v) is 5.98. The Morgan fingerprint density at radius 1 is 1.10 bits per heavy atom. The maximum Gasteiger partial charge on any atom is 0.321 e. The Kier molecular flexibility index (Phi) is 6.65. The lowest BCUT2D eigenvalue weighted by Crippen LogP contribution is -2.14. The van der Waals surface area contributed by atoms with Crippen molar-refractivity contribution in [2.45, 2.75) is 4.90 Å². The second-order valence-corrected chi connectivity index (χ2v) is 8.36. The smallest absolute Gasteiger partial charge is 0.321 e. The molecule has 3 rings (SSSR count). The Morgan fingerprint density at radius 2 is 1.87 bits per heavy atom. The number of hydrogen-bond acceptors (Lipinski definition) is 9. The topological polar surface area (TPSA) is 120 Å². The summed E-state index contributed by atoms with van der Waals surface area (Å²) in [5.74, 6) is 0.0514. The monoisotopic (exact) mass is 446 g/mol. The van der Waals surface area contributed by atoms with E-state index in [0.717, 1.165) is 0 Å². The average molecular weight is 447 g/mol. The van der Waals surface area contributed by atoms with E-state index in [1.807, 2.05) is 5.38 Å². The molecule has 0 saturated heterocycles. The maximum atomic E-state index is 12.6. The molecule has 156 valence electrons. The van der Waals surface area contributed by atoms with Crippen molar-refractivity contribution >= 4 is 38.6 Å². The van der Waals surface area contributed by atoms with Gasteiger partial charge in [0.15, 0.2) is 11.6 Å². The van der Waals surface area contributed by atoms with Gasteiger partial charge < -0.3 is 14.8 Å². The SMILES string of the molecule is COc1cc(NS(=O)(=O)c2ccc(N/C=C/C(=O)c3cccs3)cc2)nc(OC)n1. The Hall–Kier alpha value is -3.44. The number of hydrogen-bond donors (Lipinski definition) is 2. The van der Waals surface area contributed by atoms with E-state index in [1.54, 1.807) is 24.3 Å². The van der Waals surface area contributed by atoms with Crippen LogP contribution in [-0.2, 0) is 10.0 Å². The minimum atomic E-state index is -3.89. The summed E-state index contributed by atoms with van der Waals surface area (Å²) in [7, 11) is -1.13. The summed E-state index contributed by atoms with van der Waals surface area (Å²) in [4.78, 5) is 20.4. The number of carbonyl (C=O) groups is 1. The van der Waals surface area contributed by atoms with Gasteiger partial charge in [-0.25, -0.2) is 8.42 Å². The number of carbonyl (C=O) groups excluding carboxylic acids is 1. The molecular weight excluding hydrogens is 428 g/mol. The molecule has 0 spiro atoms. The van der Waals surface area contributed by atoms with E-state index in [9.17, 15) is 13.2 Å². The van der Waals surface area contributed by atoms with Crippen molar-refractivity contribution in [3.63, 3.8) is 0 Å². The van der Waals surface area contributed by atoms with Gasteiger partial charge in [-0.2, -0.15) is 9.97 Å². The molecule has 11 heteroatoms. The molecule has 0 amide bonds. The fraction of sp³-hybridized carbons (Fsp3) is 0.105. The number of methoxy groups -OCH3 is 2. The molecule has 0 aliphatic rings. The van der Waals surface area contributed by atoms with Crippen molar-refractivity contribution in [2.75, 3.05) is 24.3 Å². The molecule has 0 unspecified atom stereocenters. The van der Waals surface area contributed by atoms with Gasteiger partial charge in [0.25, 0.3) is 10.0 Å². The fourth-order valence-electron chi connectivity index (χ4n) is 2.29. The Labute approximate surface area is 177 Å². The highest BCUT2D eigenvalue weighted by Gasteiger charge is 2.16. The van der Waals surface area contributed by atoms with Gasteiger partial charge in [0.1, 0.15) is 0 Å². The van der Waals surface area contributed by atoms with Crippen molar-refractivity contribution < 1.29 is 22.7 Å². The molecule has 0 aliphatic carbocycles. The molecular formula is C19H18N4O5S2. The molecule has 9 nitrogen and oxygen atoms in total.